The SMILES string of the molecule is COc1cccc(C(=O)NNC(=O)c2cccc(NC(=O)c3ccccc3Cl)c2)c1. The third kappa shape index (κ3) is 5.15. The normalized spacial score (nSPS) is 10.1. The maximum Gasteiger partial charge on any atom is 0.269 e. The van der Waals surface area contributed by atoms with Crippen LogP contribution in [0.4, 0.5) is 5.69 Å². The zero-order chi connectivity index (χ0) is 21.5. The van der Waals surface area contributed by atoms with Crippen molar-refractivity contribution in [1.29, 1.82) is 0 Å². The summed E-state index contributed by atoms with van der Waals surface area (Å²) in [6, 6.07) is 19.5. The van der Waals surface area contributed by atoms with Gasteiger partial charge in [-0.3, -0.25) is 25.2 Å². The van der Waals surface area contributed by atoms with Crippen LogP contribution in [0.5, 0.6) is 5.75 Å². The molecule has 3 N–H and O–H groups in total. The Labute approximate surface area is 178 Å². The zero-order valence-electron chi connectivity index (χ0n) is 15.9. The van der Waals surface area contributed by atoms with E-state index in [1.807, 2.05) is 0 Å². The number of rotatable bonds is 5. The van der Waals surface area contributed by atoms with Gasteiger partial charge in [0.15, 0.2) is 0 Å². The van der Waals surface area contributed by atoms with Gasteiger partial charge in [-0.2, -0.15) is 0 Å². The smallest absolute Gasteiger partial charge is 0.269 e. The lowest BCUT2D eigenvalue weighted by molar-refractivity contribution is 0.0846. The molecular formula is C22H18ClN3O4. The van der Waals surface area contributed by atoms with Crippen molar-refractivity contribution in [2.45, 2.75) is 0 Å². The Morgan fingerprint density at radius 1 is 0.767 bits per heavy atom. The van der Waals surface area contributed by atoms with Gasteiger partial charge in [-0.25, -0.2) is 0 Å². The van der Waals surface area contributed by atoms with Crippen molar-refractivity contribution in [3.8, 4) is 5.75 Å². The quantitative estimate of drug-likeness (QED) is 0.545. The lowest BCUT2D eigenvalue weighted by Gasteiger charge is -2.10. The molecule has 0 fully saturated rings. The fourth-order valence-electron chi connectivity index (χ4n) is 2.60. The minimum atomic E-state index is -0.542. The second kappa shape index (κ2) is 9.58. The molecule has 0 radical (unpaired) electrons. The molecular weight excluding hydrogens is 406 g/mol. The summed E-state index contributed by atoms with van der Waals surface area (Å²) in [5.41, 5.74) is 5.99. The highest BCUT2D eigenvalue weighted by Gasteiger charge is 2.13. The minimum absolute atomic E-state index is 0.248. The van der Waals surface area contributed by atoms with E-state index in [1.54, 1.807) is 66.7 Å². The molecule has 3 amide bonds. The van der Waals surface area contributed by atoms with Crippen LogP contribution < -0.4 is 20.9 Å². The molecule has 0 heterocycles. The van der Waals surface area contributed by atoms with Gasteiger partial charge >= 0.3 is 0 Å². The largest absolute Gasteiger partial charge is 0.497 e. The summed E-state index contributed by atoms with van der Waals surface area (Å²) < 4.78 is 5.07. The Morgan fingerprint density at radius 3 is 2.07 bits per heavy atom. The number of halogens is 1. The molecule has 0 spiro atoms. The molecule has 0 atom stereocenters. The number of carbonyl (C=O) groups excluding carboxylic acids is 3. The number of amides is 3. The number of carbonyl (C=O) groups is 3. The predicted octanol–water partition coefficient (Wildman–Crippen LogP) is 3.68. The van der Waals surface area contributed by atoms with Gasteiger partial charge in [0.2, 0.25) is 0 Å². The number of hydrogen-bond acceptors (Lipinski definition) is 4. The number of anilines is 1. The first-order chi connectivity index (χ1) is 14.5. The third-order valence-corrected chi connectivity index (χ3v) is 4.45. The van der Waals surface area contributed by atoms with Crippen LogP contribution in [0.2, 0.25) is 5.02 Å². The van der Waals surface area contributed by atoms with Crippen LogP contribution in [0, 0.1) is 0 Å². The lowest BCUT2D eigenvalue weighted by atomic mass is 10.1. The Balaban J connectivity index is 1.63. The average molecular weight is 424 g/mol. The number of hydrazine groups is 1. The fraction of sp³-hybridized carbons (Fsp3) is 0.0455. The molecule has 152 valence electrons. The van der Waals surface area contributed by atoms with Crippen LogP contribution in [0.3, 0.4) is 0 Å². The zero-order valence-corrected chi connectivity index (χ0v) is 16.7. The molecule has 0 bridgehead atoms. The molecule has 7 nitrogen and oxygen atoms in total. The maximum absolute atomic E-state index is 12.4. The molecule has 30 heavy (non-hydrogen) atoms. The highest BCUT2D eigenvalue weighted by atomic mass is 35.5. The standard InChI is InChI=1S/C22H18ClN3O4/c1-30-17-9-5-7-15(13-17)21(28)26-25-20(27)14-6-4-8-16(12-14)24-22(29)18-10-2-3-11-19(18)23/h2-13H,1H3,(H,24,29)(H,25,27)(H,26,28). The van der Waals surface area contributed by atoms with Crippen molar-refractivity contribution < 1.29 is 19.1 Å². The molecule has 3 aromatic carbocycles. The summed E-state index contributed by atoms with van der Waals surface area (Å²) in [5.74, 6) is -0.911. The van der Waals surface area contributed by atoms with Crippen molar-refractivity contribution in [2.75, 3.05) is 12.4 Å². The molecule has 0 aromatic heterocycles. The number of hydrogen-bond donors (Lipinski definition) is 3. The number of nitrogens with one attached hydrogen (secondary N) is 3. The summed E-state index contributed by atoms with van der Waals surface area (Å²) in [6.45, 7) is 0. The number of ether oxygens (including phenoxy) is 1. The summed E-state index contributed by atoms with van der Waals surface area (Å²) in [7, 11) is 1.50. The molecule has 0 saturated heterocycles. The van der Waals surface area contributed by atoms with E-state index in [0.717, 1.165) is 0 Å². The van der Waals surface area contributed by atoms with E-state index in [0.29, 0.717) is 27.6 Å². The number of methoxy groups -OCH3 is 1. The first-order valence-electron chi connectivity index (χ1n) is 8.88. The van der Waals surface area contributed by atoms with E-state index in [4.69, 9.17) is 16.3 Å². The molecule has 0 saturated carbocycles. The first-order valence-corrected chi connectivity index (χ1v) is 9.26. The van der Waals surface area contributed by atoms with Gasteiger partial charge in [-0.05, 0) is 48.5 Å². The Kier molecular flexibility index (Phi) is 6.67. The van der Waals surface area contributed by atoms with Crippen LogP contribution in [-0.2, 0) is 0 Å². The second-order valence-corrected chi connectivity index (χ2v) is 6.56. The molecule has 3 rings (SSSR count). The highest BCUT2D eigenvalue weighted by Crippen LogP contribution is 2.18. The third-order valence-electron chi connectivity index (χ3n) is 4.12. The van der Waals surface area contributed by atoms with Crippen molar-refractivity contribution in [1.82, 2.24) is 10.9 Å². The van der Waals surface area contributed by atoms with Gasteiger partial charge in [0.1, 0.15) is 5.75 Å². The highest BCUT2D eigenvalue weighted by molar-refractivity contribution is 6.34. The minimum Gasteiger partial charge on any atom is -0.497 e. The molecule has 0 aliphatic heterocycles. The van der Waals surface area contributed by atoms with Gasteiger partial charge in [0, 0.05) is 16.8 Å². The van der Waals surface area contributed by atoms with Crippen LogP contribution >= 0.6 is 11.6 Å². The van der Waals surface area contributed by atoms with E-state index < -0.39 is 17.7 Å². The van der Waals surface area contributed by atoms with Gasteiger partial charge in [-0.1, -0.05) is 35.9 Å². The molecule has 0 aliphatic rings. The monoisotopic (exact) mass is 423 g/mol. The van der Waals surface area contributed by atoms with E-state index in [9.17, 15) is 14.4 Å². The van der Waals surface area contributed by atoms with Crippen molar-refractivity contribution in [3.63, 3.8) is 0 Å². The Bertz CT molecular complexity index is 1100. The van der Waals surface area contributed by atoms with Gasteiger partial charge in [0.25, 0.3) is 17.7 Å². The van der Waals surface area contributed by atoms with Gasteiger partial charge in [0.05, 0.1) is 17.7 Å². The van der Waals surface area contributed by atoms with Crippen LogP contribution in [0.25, 0.3) is 0 Å². The van der Waals surface area contributed by atoms with E-state index in [2.05, 4.69) is 16.2 Å². The van der Waals surface area contributed by atoms with Crippen molar-refractivity contribution >= 4 is 35.0 Å². The van der Waals surface area contributed by atoms with Gasteiger partial charge < -0.3 is 10.1 Å². The van der Waals surface area contributed by atoms with Crippen LogP contribution in [0.1, 0.15) is 31.1 Å². The topological polar surface area (TPSA) is 96.5 Å². The second-order valence-electron chi connectivity index (χ2n) is 6.15. The number of benzene rings is 3. The van der Waals surface area contributed by atoms with Crippen LogP contribution in [0.15, 0.2) is 72.8 Å². The summed E-state index contributed by atoms with van der Waals surface area (Å²) in [6.07, 6.45) is 0. The summed E-state index contributed by atoms with van der Waals surface area (Å²) in [5, 5.41) is 3.02. The van der Waals surface area contributed by atoms with E-state index >= 15 is 0 Å². The fourth-order valence-corrected chi connectivity index (χ4v) is 2.83. The van der Waals surface area contributed by atoms with Crippen molar-refractivity contribution in [3.05, 3.63) is 94.5 Å². The summed E-state index contributed by atoms with van der Waals surface area (Å²) >= 11 is 6.03. The Hall–Kier alpha value is -3.84. The van der Waals surface area contributed by atoms with Gasteiger partial charge in [-0.15, -0.1) is 0 Å². The van der Waals surface area contributed by atoms with E-state index in [-0.39, 0.29) is 5.56 Å². The first kappa shape index (κ1) is 20.9. The molecule has 0 aliphatic carbocycles. The molecule has 0 unspecified atom stereocenters. The lowest BCUT2D eigenvalue weighted by Crippen LogP contribution is -2.41. The van der Waals surface area contributed by atoms with Crippen molar-refractivity contribution in [2.24, 2.45) is 0 Å². The molecule has 3 aromatic rings. The predicted molar refractivity (Wildman–Crippen MR) is 114 cm³/mol. The average Bonchev–Trinajstić information content (AvgIpc) is 2.77. The van der Waals surface area contributed by atoms with E-state index in [1.165, 1.54) is 13.2 Å². The summed E-state index contributed by atoms with van der Waals surface area (Å²) in [4.78, 5) is 37.0. The Morgan fingerprint density at radius 2 is 1.40 bits per heavy atom. The molecule has 8 heteroatoms. The van der Waals surface area contributed by atoms with Crippen LogP contribution in [-0.4, -0.2) is 24.8 Å². The maximum atomic E-state index is 12.4.